The number of aliphatic imine (C=N–C) groups is 1. The molecule has 1 aromatic rings. The lowest BCUT2D eigenvalue weighted by Gasteiger charge is -2.43. The molecular formula is C13H20N4O. The minimum absolute atomic E-state index is 0.375. The average molecular weight is 248 g/mol. The number of hydroxylamine groups is 2. The molecule has 0 aromatic heterocycles. The minimum Gasteiger partial charge on any atom is -0.354 e. The number of amidine groups is 1. The number of hydrogen-bond donors (Lipinski definition) is 2. The van der Waals surface area contributed by atoms with Gasteiger partial charge in [-0.3, -0.25) is 10.6 Å². The molecule has 2 rings (SSSR count). The van der Waals surface area contributed by atoms with Gasteiger partial charge in [0.05, 0.1) is 12.4 Å². The summed E-state index contributed by atoms with van der Waals surface area (Å²) in [4.78, 5) is 10.0. The van der Waals surface area contributed by atoms with Crippen LogP contribution in [0.25, 0.3) is 0 Å². The van der Waals surface area contributed by atoms with Gasteiger partial charge in [0.2, 0.25) is 0 Å². The molecular weight excluding hydrogens is 228 g/mol. The summed E-state index contributed by atoms with van der Waals surface area (Å²) < 4.78 is 0. The number of nitrogens with one attached hydrogen (secondary N) is 1. The van der Waals surface area contributed by atoms with Crippen LogP contribution in [0.2, 0.25) is 0 Å². The highest BCUT2D eigenvalue weighted by atomic mass is 16.7. The van der Waals surface area contributed by atoms with E-state index in [2.05, 4.69) is 10.3 Å². The molecule has 0 bridgehead atoms. The SMILES string of the molecule is CC1=NC(N)N(OCc2ccccc2)C(C)(C)N1. The van der Waals surface area contributed by atoms with Crippen molar-refractivity contribution in [3.05, 3.63) is 35.9 Å². The van der Waals surface area contributed by atoms with Crippen molar-refractivity contribution in [2.75, 3.05) is 0 Å². The molecule has 0 saturated carbocycles. The summed E-state index contributed by atoms with van der Waals surface area (Å²) in [5.74, 6) is 0.826. The number of rotatable bonds is 3. The van der Waals surface area contributed by atoms with E-state index in [1.54, 1.807) is 5.06 Å². The van der Waals surface area contributed by atoms with E-state index in [1.807, 2.05) is 51.1 Å². The topological polar surface area (TPSA) is 62.9 Å². The maximum absolute atomic E-state index is 5.98. The second kappa shape index (κ2) is 5.06. The van der Waals surface area contributed by atoms with Gasteiger partial charge in [-0.2, -0.15) is 0 Å². The highest BCUT2D eigenvalue weighted by Crippen LogP contribution is 2.19. The number of hydrogen-bond acceptors (Lipinski definition) is 5. The van der Waals surface area contributed by atoms with Gasteiger partial charge in [0.15, 0.2) is 6.29 Å². The first-order valence-corrected chi connectivity index (χ1v) is 6.03. The summed E-state index contributed by atoms with van der Waals surface area (Å²) in [5.41, 5.74) is 6.71. The molecule has 5 nitrogen and oxygen atoms in total. The van der Waals surface area contributed by atoms with E-state index < -0.39 is 6.29 Å². The largest absolute Gasteiger partial charge is 0.354 e. The smallest absolute Gasteiger partial charge is 0.180 e. The Morgan fingerprint density at radius 1 is 1.39 bits per heavy atom. The van der Waals surface area contributed by atoms with Crippen LogP contribution >= 0.6 is 0 Å². The molecule has 0 radical (unpaired) electrons. The van der Waals surface area contributed by atoms with Crippen LogP contribution in [-0.4, -0.2) is 22.9 Å². The molecule has 1 unspecified atom stereocenters. The summed E-state index contributed by atoms with van der Waals surface area (Å²) in [5, 5.41) is 4.93. The molecule has 0 saturated heterocycles. The van der Waals surface area contributed by atoms with E-state index in [4.69, 9.17) is 10.6 Å². The summed E-state index contributed by atoms with van der Waals surface area (Å²) in [7, 11) is 0. The van der Waals surface area contributed by atoms with E-state index >= 15 is 0 Å². The molecule has 18 heavy (non-hydrogen) atoms. The average Bonchev–Trinajstić information content (AvgIpc) is 2.27. The molecule has 0 spiro atoms. The van der Waals surface area contributed by atoms with E-state index in [0.29, 0.717) is 6.61 Å². The third kappa shape index (κ3) is 2.87. The Balaban J connectivity index is 2.04. The fourth-order valence-corrected chi connectivity index (χ4v) is 2.07. The van der Waals surface area contributed by atoms with Crippen LogP contribution in [0.15, 0.2) is 35.3 Å². The van der Waals surface area contributed by atoms with Crippen LogP contribution in [0.5, 0.6) is 0 Å². The van der Waals surface area contributed by atoms with Gasteiger partial charge in [0.25, 0.3) is 0 Å². The number of nitrogens with two attached hydrogens (primary N) is 1. The molecule has 0 aliphatic carbocycles. The third-order valence-electron chi connectivity index (χ3n) is 2.82. The summed E-state index contributed by atoms with van der Waals surface area (Å²) >= 11 is 0. The van der Waals surface area contributed by atoms with E-state index in [9.17, 15) is 0 Å². The van der Waals surface area contributed by atoms with Crippen molar-refractivity contribution >= 4 is 5.84 Å². The Morgan fingerprint density at radius 3 is 2.67 bits per heavy atom. The molecule has 1 aliphatic heterocycles. The number of nitrogens with zero attached hydrogens (tertiary/aromatic N) is 2. The predicted octanol–water partition coefficient (Wildman–Crippen LogP) is 1.42. The highest BCUT2D eigenvalue weighted by molar-refractivity contribution is 5.80. The predicted molar refractivity (Wildman–Crippen MR) is 71.4 cm³/mol. The molecule has 5 heteroatoms. The summed E-state index contributed by atoms with van der Waals surface area (Å²) in [6.07, 6.45) is -0.482. The fourth-order valence-electron chi connectivity index (χ4n) is 2.07. The van der Waals surface area contributed by atoms with Crippen LogP contribution < -0.4 is 11.1 Å². The quantitative estimate of drug-likeness (QED) is 0.849. The van der Waals surface area contributed by atoms with Crippen molar-refractivity contribution < 1.29 is 4.84 Å². The lowest BCUT2D eigenvalue weighted by atomic mass is 10.2. The normalized spacial score (nSPS) is 23.3. The maximum atomic E-state index is 5.98. The van der Waals surface area contributed by atoms with E-state index in [0.717, 1.165) is 11.4 Å². The Hall–Kier alpha value is -1.43. The van der Waals surface area contributed by atoms with Crippen molar-refractivity contribution in [1.82, 2.24) is 10.4 Å². The van der Waals surface area contributed by atoms with Crippen molar-refractivity contribution in [2.24, 2.45) is 10.7 Å². The van der Waals surface area contributed by atoms with Crippen LogP contribution in [0, 0.1) is 0 Å². The van der Waals surface area contributed by atoms with Crippen LogP contribution in [0.3, 0.4) is 0 Å². The standard InChI is InChI=1S/C13H20N4O/c1-10-15-12(14)17(13(2,3)16-10)18-9-11-7-5-4-6-8-11/h4-8,12H,9,14H2,1-3H3,(H,15,16). The van der Waals surface area contributed by atoms with Crippen LogP contribution in [0.4, 0.5) is 0 Å². The number of benzene rings is 1. The van der Waals surface area contributed by atoms with Crippen molar-refractivity contribution in [3.63, 3.8) is 0 Å². The van der Waals surface area contributed by atoms with E-state index in [1.165, 1.54) is 0 Å². The van der Waals surface area contributed by atoms with Gasteiger partial charge in [-0.05, 0) is 26.3 Å². The fraction of sp³-hybridized carbons (Fsp3) is 0.462. The van der Waals surface area contributed by atoms with Gasteiger partial charge in [0.1, 0.15) is 5.66 Å². The van der Waals surface area contributed by atoms with Crippen LogP contribution in [-0.2, 0) is 11.4 Å². The van der Waals surface area contributed by atoms with Gasteiger partial charge >= 0.3 is 0 Å². The highest BCUT2D eigenvalue weighted by Gasteiger charge is 2.35. The molecule has 1 aromatic carbocycles. The van der Waals surface area contributed by atoms with Crippen LogP contribution in [0.1, 0.15) is 26.3 Å². The molecule has 1 heterocycles. The first-order valence-electron chi connectivity index (χ1n) is 6.03. The molecule has 3 N–H and O–H groups in total. The van der Waals surface area contributed by atoms with Gasteiger partial charge in [-0.1, -0.05) is 30.3 Å². The first kappa shape index (κ1) is 13.0. The lowest BCUT2D eigenvalue weighted by Crippen LogP contribution is -2.64. The Kier molecular flexibility index (Phi) is 3.65. The zero-order chi connectivity index (χ0) is 13.2. The Morgan fingerprint density at radius 2 is 2.06 bits per heavy atom. The Bertz CT molecular complexity index is 430. The first-order chi connectivity index (χ1) is 8.49. The molecule has 1 atom stereocenters. The molecule has 0 amide bonds. The van der Waals surface area contributed by atoms with Gasteiger partial charge in [-0.25, -0.2) is 4.99 Å². The summed E-state index contributed by atoms with van der Waals surface area (Å²) in [6, 6.07) is 9.99. The lowest BCUT2D eigenvalue weighted by molar-refractivity contribution is -0.254. The summed E-state index contributed by atoms with van der Waals surface area (Å²) in [6.45, 7) is 6.40. The van der Waals surface area contributed by atoms with Gasteiger partial charge < -0.3 is 5.32 Å². The van der Waals surface area contributed by atoms with Gasteiger partial charge in [-0.15, -0.1) is 5.06 Å². The second-order valence-corrected chi connectivity index (χ2v) is 4.90. The minimum atomic E-state index is -0.482. The van der Waals surface area contributed by atoms with Crippen molar-refractivity contribution in [1.29, 1.82) is 0 Å². The molecule has 98 valence electrons. The van der Waals surface area contributed by atoms with Crippen molar-refractivity contribution in [2.45, 2.75) is 39.3 Å². The monoisotopic (exact) mass is 248 g/mol. The maximum Gasteiger partial charge on any atom is 0.180 e. The van der Waals surface area contributed by atoms with Gasteiger partial charge in [0, 0.05) is 0 Å². The molecule has 1 aliphatic rings. The second-order valence-electron chi connectivity index (χ2n) is 4.90. The van der Waals surface area contributed by atoms with E-state index in [-0.39, 0.29) is 5.66 Å². The zero-order valence-electron chi connectivity index (χ0n) is 11.1. The Labute approximate surface area is 108 Å². The third-order valence-corrected chi connectivity index (χ3v) is 2.82. The zero-order valence-corrected chi connectivity index (χ0v) is 11.1. The van der Waals surface area contributed by atoms with Crippen molar-refractivity contribution in [3.8, 4) is 0 Å². The molecule has 0 fully saturated rings.